The summed E-state index contributed by atoms with van der Waals surface area (Å²) < 4.78 is 20.1. The number of nitrogens with two attached hydrogens (primary N) is 1. The van der Waals surface area contributed by atoms with E-state index in [1.807, 2.05) is 0 Å². The Balaban J connectivity index is 1.71. The number of H-pyrrole nitrogens is 1. The maximum absolute atomic E-state index is 14.3. The van der Waals surface area contributed by atoms with E-state index in [-0.39, 0.29) is 17.9 Å². The van der Waals surface area contributed by atoms with Crippen LogP contribution in [0.2, 0.25) is 0 Å². The van der Waals surface area contributed by atoms with Crippen LogP contribution in [0.5, 0.6) is 11.8 Å². The summed E-state index contributed by atoms with van der Waals surface area (Å²) in [5.41, 5.74) is 7.70. The zero-order valence-corrected chi connectivity index (χ0v) is 16.6. The summed E-state index contributed by atoms with van der Waals surface area (Å²) >= 11 is 0. The minimum atomic E-state index is -0.345. The molecule has 154 valence electrons. The van der Waals surface area contributed by atoms with E-state index in [2.05, 4.69) is 35.1 Å². The first-order chi connectivity index (χ1) is 14.5. The summed E-state index contributed by atoms with van der Waals surface area (Å²) in [7, 11) is 1.68. The SMILES string of the molecule is CNc1c(F)ccc2c1[nH]c1nc(Oc3cnc(C)nc3)nc(N3CC[C@@H](N)C3)c12. The van der Waals surface area contributed by atoms with Gasteiger partial charge < -0.3 is 25.7 Å². The van der Waals surface area contributed by atoms with Crippen molar-refractivity contribution in [2.45, 2.75) is 19.4 Å². The maximum atomic E-state index is 14.3. The van der Waals surface area contributed by atoms with Crippen molar-refractivity contribution >= 4 is 33.4 Å². The molecule has 4 heterocycles. The first kappa shape index (κ1) is 18.5. The highest BCUT2D eigenvalue weighted by Gasteiger charge is 2.26. The van der Waals surface area contributed by atoms with Crippen molar-refractivity contribution in [1.82, 2.24) is 24.9 Å². The predicted molar refractivity (Wildman–Crippen MR) is 113 cm³/mol. The molecule has 0 unspecified atom stereocenters. The van der Waals surface area contributed by atoms with Crippen LogP contribution in [0.25, 0.3) is 21.9 Å². The van der Waals surface area contributed by atoms with Crippen LogP contribution in [-0.2, 0) is 0 Å². The lowest BCUT2D eigenvalue weighted by Crippen LogP contribution is -2.27. The summed E-state index contributed by atoms with van der Waals surface area (Å²) in [6, 6.07) is 3.40. The first-order valence-corrected chi connectivity index (χ1v) is 9.70. The molecular formula is C20H21FN8O. The van der Waals surface area contributed by atoms with Crippen LogP contribution in [0.15, 0.2) is 24.5 Å². The average molecular weight is 408 g/mol. The Labute approximate surface area is 171 Å². The Morgan fingerprint density at radius 3 is 2.77 bits per heavy atom. The normalized spacial score (nSPS) is 16.5. The van der Waals surface area contributed by atoms with Crippen molar-refractivity contribution in [3.63, 3.8) is 0 Å². The van der Waals surface area contributed by atoms with E-state index in [1.54, 1.807) is 32.4 Å². The second-order valence-electron chi connectivity index (χ2n) is 7.34. The predicted octanol–water partition coefficient (Wildman–Crippen LogP) is 2.72. The van der Waals surface area contributed by atoms with Gasteiger partial charge in [0, 0.05) is 31.6 Å². The fourth-order valence-electron chi connectivity index (χ4n) is 3.84. The Morgan fingerprint density at radius 1 is 1.27 bits per heavy atom. The molecule has 1 aromatic carbocycles. The molecule has 0 bridgehead atoms. The maximum Gasteiger partial charge on any atom is 0.326 e. The third kappa shape index (κ3) is 3.05. The van der Waals surface area contributed by atoms with Crippen LogP contribution >= 0.6 is 0 Å². The van der Waals surface area contributed by atoms with E-state index < -0.39 is 0 Å². The van der Waals surface area contributed by atoms with Crippen molar-refractivity contribution in [3.8, 4) is 11.8 Å². The molecule has 1 aliphatic rings. The number of halogens is 1. The number of nitrogens with one attached hydrogen (secondary N) is 2. The number of aromatic amines is 1. The highest BCUT2D eigenvalue weighted by atomic mass is 19.1. The number of benzene rings is 1. The number of hydrogen-bond donors (Lipinski definition) is 3. The van der Waals surface area contributed by atoms with Gasteiger partial charge in [-0.3, -0.25) is 0 Å². The number of aromatic nitrogens is 5. The number of rotatable bonds is 4. The van der Waals surface area contributed by atoms with Crippen molar-refractivity contribution in [3.05, 3.63) is 36.2 Å². The molecule has 1 fully saturated rings. The Kier molecular flexibility index (Phi) is 4.35. The lowest BCUT2D eigenvalue weighted by molar-refractivity contribution is 0.439. The van der Waals surface area contributed by atoms with Crippen LogP contribution in [-0.4, -0.2) is 51.1 Å². The molecular weight excluding hydrogens is 387 g/mol. The molecule has 4 aromatic rings. The van der Waals surface area contributed by atoms with Crippen LogP contribution in [0.1, 0.15) is 12.2 Å². The van der Waals surface area contributed by atoms with Gasteiger partial charge in [-0.05, 0) is 25.5 Å². The monoisotopic (exact) mass is 408 g/mol. The van der Waals surface area contributed by atoms with E-state index in [0.717, 1.165) is 23.7 Å². The van der Waals surface area contributed by atoms with Gasteiger partial charge in [0.05, 0.1) is 29.0 Å². The number of anilines is 2. The molecule has 0 aliphatic carbocycles. The van der Waals surface area contributed by atoms with E-state index >= 15 is 0 Å². The van der Waals surface area contributed by atoms with Gasteiger partial charge in [-0.1, -0.05) is 0 Å². The molecule has 1 atom stereocenters. The van der Waals surface area contributed by atoms with Gasteiger partial charge in [0.2, 0.25) is 0 Å². The number of hydrogen-bond acceptors (Lipinski definition) is 8. The lowest BCUT2D eigenvalue weighted by atomic mass is 10.1. The molecule has 1 saturated heterocycles. The molecule has 30 heavy (non-hydrogen) atoms. The molecule has 0 amide bonds. The molecule has 10 heteroatoms. The Bertz CT molecular complexity index is 1240. The van der Waals surface area contributed by atoms with Crippen LogP contribution < -0.4 is 20.7 Å². The fraction of sp³-hybridized carbons (Fsp3) is 0.300. The lowest BCUT2D eigenvalue weighted by Gasteiger charge is -2.18. The summed E-state index contributed by atoms with van der Waals surface area (Å²) in [6.45, 7) is 3.24. The molecule has 9 nitrogen and oxygen atoms in total. The molecule has 5 rings (SSSR count). The number of fused-ring (bicyclic) bond motifs is 3. The minimum Gasteiger partial charge on any atom is -0.421 e. The van der Waals surface area contributed by atoms with Crippen LogP contribution in [0.3, 0.4) is 0 Å². The van der Waals surface area contributed by atoms with Gasteiger partial charge in [-0.15, -0.1) is 0 Å². The standard InChI is InChI=1S/C20H21FN8O/c1-10-24-7-12(8-25-10)30-20-27-18-15(19(28-20)29-6-5-11(22)9-29)13-3-4-14(21)17(23-2)16(13)26-18/h3-4,7-8,11,23H,5-6,9,22H2,1-2H3,(H,26,27,28)/t11-/m1/s1. The third-order valence-electron chi connectivity index (χ3n) is 5.28. The van der Waals surface area contributed by atoms with Gasteiger partial charge in [0.25, 0.3) is 0 Å². The van der Waals surface area contributed by atoms with E-state index in [4.69, 9.17) is 10.5 Å². The Hall–Kier alpha value is -3.53. The number of ether oxygens (including phenoxy) is 1. The van der Waals surface area contributed by atoms with Gasteiger partial charge in [-0.25, -0.2) is 14.4 Å². The van der Waals surface area contributed by atoms with Gasteiger partial charge >= 0.3 is 6.01 Å². The zero-order chi connectivity index (χ0) is 20.8. The fourth-order valence-corrected chi connectivity index (χ4v) is 3.84. The van der Waals surface area contributed by atoms with Gasteiger partial charge in [0.15, 0.2) is 5.75 Å². The van der Waals surface area contributed by atoms with Crippen molar-refractivity contribution in [1.29, 1.82) is 0 Å². The van der Waals surface area contributed by atoms with Crippen LogP contribution in [0.4, 0.5) is 15.9 Å². The van der Waals surface area contributed by atoms with Gasteiger partial charge in [0.1, 0.15) is 23.1 Å². The van der Waals surface area contributed by atoms with E-state index in [9.17, 15) is 4.39 Å². The van der Waals surface area contributed by atoms with Crippen LogP contribution in [0, 0.1) is 12.7 Å². The molecule has 0 spiro atoms. The largest absolute Gasteiger partial charge is 0.421 e. The minimum absolute atomic E-state index is 0.0698. The highest BCUT2D eigenvalue weighted by Crippen LogP contribution is 2.38. The number of nitrogens with zero attached hydrogens (tertiary/aromatic N) is 5. The van der Waals surface area contributed by atoms with Gasteiger partial charge in [-0.2, -0.15) is 9.97 Å². The average Bonchev–Trinajstić information content (AvgIpc) is 3.32. The molecule has 1 aliphatic heterocycles. The highest BCUT2D eigenvalue weighted by molar-refractivity contribution is 6.14. The summed E-state index contributed by atoms with van der Waals surface area (Å²) in [5, 5.41) is 4.56. The smallest absolute Gasteiger partial charge is 0.326 e. The molecule has 0 saturated carbocycles. The van der Waals surface area contributed by atoms with Crippen molar-refractivity contribution in [2.75, 3.05) is 30.4 Å². The third-order valence-corrected chi connectivity index (χ3v) is 5.28. The summed E-state index contributed by atoms with van der Waals surface area (Å²) in [5.74, 6) is 1.43. The quantitative estimate of drug-likeness (QED) is 0.472. The molecule has 3 aromatic heterocycles. The molecule has 0 radical (unpaired) electrons. The summed E-state index contributed by atoms with van der Waals surface area (Å²) in [4.78, 5) is 22.8. The topological polar surface area (TPSA) is 118 Å². The second kappa shape index (κ2) is 7.06. The zero-order valence-electron chi connectivity index (χ0n) is 16.6. The molecule has 4 N–H and O–H groups in total. The van der Waals surface area contributed by atoms with Crippen molar-refractivity contribution < 1.29 is 9.13 Å². The second-order valence-corrected chi connectivity index (χ2v) is 7.34. The number of aryl methyl sites for hydroxylation is 1. The van der Waals surface area contributed by atoms with Crippen molar-refractivity contribution in [2.24, 2.45) is 5.73 Å². The first-order valence-electron chi connectivity index (χ1n) is 9.70. The summed E-state index contributed by atoms with van der Waals surface area (Å²) in [6.07, 6.45) is 4.01. The Morgan fingerprint density at radius 2 is 2.07 bits per heavy atom. The van der Waals surface area contributed by atoms with E-state index in [1.165, 1.54) is 6.07 Å². The van der Waals surface area contributed by atoms with E-state index in [0.29, 0.717) is 40.8 Å².